The Kier molecular flexibility index (Phi) is 6.90. The molecule has 1 heterocycles. The topological polar surface area (TPSA) is 73.4 Å². The van der Waals surface area contributed by atoms with Crippen LogP contribution in [0.3, 0.4) is 0 Å². The zero-order valence-electron chi connectivity index (χ0n) is 15.9. The number of nitrogens with one attached hydrogen (secondary N) is 3. The molecule has 0 atom stereocenters. The monoisotopic (exact) mass is 327 g/mol. The standard InChI is InChI=1S/C18H37N3O2/c1-7-18(8-2,9-10-22)13-19-15(23)20-14-11-16(3,4)21-17(5,6)12-14/h14,21-22H,7-13H2,1-6H3,(H2,19,20,23). The second kappa shape index (κ2) is 7.84. The molecule has 1 rings (SSSR count). The molecule has 2 amide bonds. The molecule has 1 fully saturated rings. The van der Waals surface area contributed by atoms with Crippen LogP contribution in [0.5, 0.6) is 0 Å². The maximum Gasteiger partial charge on any atom is 0.315 e. The Bertz CT molecular complexity index is 374. The zero-order chi connectivity index (χ0) is 17.7. The van der Waals surface area contributed by atoms with Crippen molar-refractivity contribution in [2.75, 3.05) is 13.2 Å². The molecule has 0 bridgehead atoms. The van der Waals surface area contributed by atoms with Crippen molar-refractivity contribution < 1.29 is 9.90 Å². The molecule has 0 unspecified atom stereocenters. The zero-order valence-corrected chi connectivity index (χ0v) is 15.9. The van der Waals surface area contributed by atoms with E-state index in [0.29, 0.717) is 6.54 Å². The lowest BCUT2D eigenvalue weighted by Crippen LogP contribution is -2.63. The van der Waals surface area contributed by atoms with Crippen LogP contribution >= 0.6 is 0 Å². The minimum Gasteiger partial charge on any atom is -0.396 e. The highest BCUT2D eigenvalue weighted by atomic mass is 16.3. The summed E-state index contributed by atoms with van der Waals surface area (Å²) in [7, 11) is 0. The Morgan fingerprint density at radius 3 is 2.13 bits per heavy atom. The highest BCUT2D eigenvalue weighted by molar-refractivity contribution is 5.74. The van der Waals surface area contributed by atoms with E-state index in [1.54, 1.807) is 0 Å². The quantitative estimate of drug-likeness (QED) is 0.581. The van der Waals surface area contributed by atoms with E-state index in [1.807, 2.05) is 0 Å². The van der Waals surface area contributed by atoms with Gasteiger partial charge in [0, 0.05) is 30.3 Å². The minimum atomic E-state index is -0.0901. The number of amides is 2. The van der Waals surface area contributed by atoms with Crippen molar-refractivity contribution in [3.8, 4) is 0 Å². The number of carbonyl (C=O) groups excluding carboxylic acids is 1. The number of urea groups is 1. The summed E-state index contributed by atoms with van der Waals surface area (Å²) in [5.41, 5.74) is 0.0408. The van der Waals surface area contributed by atoms with Crippen LogP contribution in [0.25, 0.3) is 0 Å². The summed E-state index contributed by atoms with van der Waals surface area (Å²) in [6.07, 6.45) is 4.49. The van der Waals surface area contributed by atoms with Gasteiger partial charge in [-0.3, -0.25) is 0 Å². The van der Waals surface area contributed by atoms with Crippen LogP contribution in [0.2, 0.25) is 0 Å². The first-order valence-electron chi connectivity index (χ1n) is 9.01. The summed E-state index contributed by atoms with van der Waals surface area (Å²) < 4.78 is 0. The maximum absolute atomic E-state index is 12.3. The summed E-state index contributed by atoms with van der Waals surface area (Å²) in [4.78, 5) is 12.3. The van der Waals surface area contributed by atoms with Crippen molar-refractivity contribution in [1.82, 2.24) is 16.0 Å². The largest absolute Gasteiger partial charge is 0.396 e. The molecule has 4 N–H and O–H groups in total. The van der Waals surface area contributed by atoms with E-state index >= 15 is 0 Å². The smallest absolute Gasteiger partial charge is 0.315 e. The fraction of sp³-hybridized carbons (Fsp3) is 0.944. The fourth-order valence-electron chi connectivity index (χ4n) is 4.11. The third-order valence-electron chi connectivity index (χ3n) is 5.29. The lowest BCUT2D eigenvalue weighted by atomic mass is 9.79. The summed E-state index contributed by atoms with van der Waals surface area (Å²) >= 11 is 0. The fourth-order valence-corrected chi connectivity index (χ4v) is 4.11. The Morgan fingerprint density at radius 2 is 1.70 bits per heavy atom. The Hall–Kier alpha value is -0.810. The molecular formula is C18H37N3O2. The number of hydrogen-bond acceptors (Lipinski definition) is 3. The van der Waals surface area contributed by atoms with E-state index in [-0.39, 0.29) is 35.2 Å². The average molecular weight is 328 g/mol. The number of aliphatic hydroxyl groups is 1. The molecule has 0 radical (unpaired) electrons. The van der Waals surface area contributed by atoms with Gasteiger partial charge < -0.3 is 21.1 Å². The molecule has 1 aliphatic heterocycles. The molecule has 136 valence electrons. The summed E-state index contributed by atoms with van der Waals surface area (Å²) in [5, 5.41) is 19.1. The van der Waals surface area contributed by atoms with E-state index in [2.05, 4.69) is 57.5 Å². The van der Waals surface area contributed by atoms with E-state index in [4.69, 9.17) is 0 Å². The second-order valence-corrected chi connectivity index (χ2v) is 8.51. The van der Waals surface area contributed by atoms with Gasteiger partial charge in [-0.25, -0.2) is 4.79 Å². The number of carbonyl (C=O) groups is 1. The van der Waals surface area contributed by atoms with Crippen molar-refractivity contribution in [1.29, 1.82) is 0 Å². The highest BCUT2D eigenvalue weighted by Gasteiger charge is 2.38. The molecule has 0 spiro atoms. The third-order valence-corrected chi connectivity index (χ3v) is 5.29. The van der Waals surface area contributed by atoms with E-state index in [0.717, 1.165) is 32.1 Å². The molecule has 0 aliphatic carbocycles. The van der Waals surface area contributed by atoms with Gasteiger partial charge in [-0.2, -0.15) is 0 Å². The summed E-state index contributed by atoms with van der Waals surface area (Å²) in [5.74, 6) is 0. The summed E-state index contributed by atoms with van der Waals surface area (Å²) in [6, 6.07) is 0.0875. The molecule has 23 heavy (non-hydrogen) atoms. The second-order valence-electron chi connectivity index (χ2n) is 8.51. The van der Waals surface area contributed by atoms with E-state index in [1.165, 1.54) is 0 Å². The first-order chi connectivity index (χ1) is 10.6. The first-order valence-corrected chi connectivity index (χ1v) is 9.01. The van der Waals surface area contributed by atoms with E-state index in [9.17, 15) is 9.90 Å². The van der Waals surface area contributed by atoms with Crippen molar-refractivity contribution in [2.24, 2.45) is 5.41 Å². The third kappa shape index (κ3) is 6.30. The van der Waals surface area contributed by atoms with Crippen LogP contribution in [-0.4, -0.2) is 41.4 Å². The van der Waals surface area contributed by atoms with Gasteiger partial charge in [0.05, 0.1) is 0 Å². The number of piperidine rings is 1. The van der Waals surface area contributed by atoms with Crippen LogP contribution in [0, 0.1) is 5.41 Å². The molecule has 0 saturated carbocycles. The predicted molar refractivity (Wildman–Crippen MR) is 95.6 cm³/mol. The van der Waals surface area contributed by atoms with Crippen molar-refractivity contribution in [3.63, 3.8) is 0 Å². The Balaban J connectivity index is 2.56. The first kappa shape index (κ1) is 20.2. The van der Waals surface area contributed by atoms with Crippen molar-refractivity contribution >= 4 is 6.03 Å². The van der Waals surface area contributed by atoms with Gasteiger partial charge in [0.25, 0.3) is 0 Å². The van der Waals surface area contributed by atoms with Crippen LogP contribution in [0.15, 0.2) is 0 Å². The number of aliphatic hydroxyl groups excluding tert-OH is 1. The van der Waals surface area contributed by atoms with Gasteiger partial charge in [0.2, 0.25) is 0 Å². The van der Waals surface area contributed by atoms with E-state index < -0.39 is 0 Å². The molecular weight excluding hydrogens is 290 g/mol. The number of rotatable bonds is 7. The van der Waals surface area contributed by atoms with Crippen molar-refractivity contribution in [3.05, 3.63) is 0 Å². The molecule has 0 aromatic rings. The van der Waals surface area contributed by atoms with Crippen LogP contribution in [0.1, 0.15) is 73.6 Å². The van der Waals surface area contributed by atoms with Gasteiger partial charge >= 0.3 is 6.03 Å². The number of hydrogen-bond donors (Lipinski definition) is 4. The van der Waals surface area contributed by atoms with Gasteiger partial charge in [-0.15, -0.1) is 0 Å². The molecule has 1 aliphatic rings. The van der Waals surface area contributed by atoms with Crippen LogP contribution in [-0.2, 0) is 0 Å². The molecule has 5 heteroatoms. The minimum absolute atomic E-state index is 0.00124. The van der Waals surface area contributed by atoms with Crippen LogP contribution < -0.4 is 16.0 Å². The lowest BCUT2D eigenvalue weighted by Gasteiger charge is -2.46. The summed E-state index contributed by atoms with van der Waals surface area (Å²) in [6.45, 7) is 13.8. The average Bonchev–Trinajstić information content (AvgIpc) is 2.40. The molecule has 5 nitrogen and oxygen atoms in total. The molecule has 0 aromatic heterocycles. The maximum atomic E-state index is 12.3. The van der Waals surface area contributed by atoms with Gasteiger partial charge in [0.1, 0.15) is 0 Å². The van der Waals surface area contributed by atoms with Crippen LogP contribution in [0.4, 0.5) is 4.79 Å². The predicted octanol–water partition coefficient (Wildman–Crippen LogP) is 2.78. The molecule has 1 saturated heterocycles. The van der Waals surface area contributed by atoms with Crippen molar-refractivity contribution in [2.45, 2.75) is 90.8 Å². The Labute approximate surface area is 142 Å². The highest BCUT2D eigenvalue weighted by Crippen LogP contribution is 2.30. The SMILES string of the molecule is CCC(CC)(CCO)CNC(=O)NC1CC(C)(C)NC(C)(C)C1. The molecule has 0 aromatic carbocycles. The van der Waals surface area contributed by atoms with Gasteiger partial charge in [0.15, 0.2) is 0 Å². The normalized spacial score (nSPS) is 21.0. The lowest BCUT2D eigenvalue weighted by molar-refractivity contribution is 0.142. The Morgan fingerprint density at radius 1 is 1.17 bits per heavy atom. The van der Waals surface area contributed by atoms with Gasteiger partial charge in [-0.1, -0.05) is 13.8 Å². The van der Waals surface area contributed by atoms with Gasteiger partial charge in [-0.05, 0) is 65.2 Å².